The highest BCUT2D eigenvalue weighted by molar-refractivity contribution is 4.58. The standard InChI is InChI=1S/C24H50O.C3H6O/c1-3-5-7-9-11-13-15-17-19-21-23-25-24-22-20-18-16-14-12-10-8-6-4-2;1-3-2-4-3/h3-24H2,1-2H3;3H,2H2,1H3. The topological polar surface area (TPSA) is 21.8 Å². The highest BCUT2D eigenvalue weighted by atomic mass is 16.6. The van der Waals surface area contributed by atoms with Crippen LogP contribution in [0, 0.1) is 0 Å². The van der Waals surface area contributed by atoms with Crippen LogP contribution >= 0.6 is 0 Å². The highest BCUT2D eigenvalue weighted by Gasteiger charge is 2.13. The van der Waals surface area contributed by atoms with Crippen LogP contribution in [0.4, 0.5) is 0 Å². The fraction of sp³-hybridized carbons (Fsp3) is 1.00. The zero-order valence-electron chi connectivity index (χ0n) is 20.7. The Kier molecular flexibility index (Phi) is 25.9. The van der Waals surface area contributed by atoms with Gasteiger partial charge < -0.3 is 9.47 Å². The van der Waals surface area contributed by atoms with Gasteiger partial charge in [0.1, 0.15) is 0 Å². The monoisotopic (exact) mass is 412 g/mol. The van der Waals surface area contributed by atoms with Gasteiger partial charge in [-0.1, -0.05) is 129 Å². The lowest BCUT2D eigenvalue weighted by atomic mass is 10.1. The lowest BCUT2D eigenvalue weighted by molar-refractivity contribution is 0.125. The molecule has 0 aromatic carbocycles. The summed E-state index contributed by atoms with van der Waals surface area (Å²) in [6.45, 7) is 9.61. The predicted molar refractivity (Wildman–Crippen MR) is 130 cm³/mol. The van der Waals surface area contributed by atoms with Crippen LogP contribution in [-0.2, 0) is 9.47 Å². The molecule has 1 heterocycles. The van der Waals surface area contributed by atoms with Crippen LogP contribution in [-0.4, -0.2) is 25.9 Å². The van der Waals surface area contributed by atoms with Crippen LogP contribution < -0.4 is 0 Å². The highest BCUT2D eigenvalue weighted by Crippen LogP contribution is 2.12. The van der Waals surface area contributed by atoms with Gasteiger partial charge in [-0.15, -0.1) is 0 Å². The lowest BCUT2D eigenvalue weighted by Gasteiger charge is -2.05. The summed E-state index contributed by atoms with van der Waals surface area (Å²) in [5.41, 5.74) is 0. The smallest absolute Gasteiger partial charge is 0.0781 e. The van der Waals surface area contributed by atoms with Crippen molar-refractivity contribution in [2.45, 2.75) is 155 Å². The van der Waals surface area contributed by atoms with Crippen molar-refractivity contribution in [2.24, 2.45) is 0 Å². The van der Waals surface area contributed by atoms with Crippen molar-refractivity contribution in [1.29, 1.82) is 0 Å². The minimum Gasteiger partial charge on any atom is -0.381 e. The van der Waals surface area contributed by atoms with Gasteiger partial charge in [0.15, 0.2) is 0 Å². The molecule has 0 spiro atoms. The van der Waals surface area contributed by atoms with Crippen LogP contribution in [0.15, 0.2) is 0 Å². The molecule has 1 unspecified atom stereocenters. The van der Waals surface area contributed by atoms with Crippen molar-refractivity contribution in [3.05, 3.63) is 0 Å². The summed E-state index contributed by atoms with van der Waals surface area (Å²) in [7, 11) is 0. The maximum atomic E-state index is 5.78. The van der Waals surface area contributed by atoms with Gasteiger partial charge in [-0.2, -0.15) is 0 Å². The first kappa shape index (κ1) is 28.9. The summed E-state index contributed by atoms with van der Waals surface area (Å²) in [6.07, 6.45) is 28.7. The summed E-state index contributed by atoms with van der Waals surface area (Å²) in [4.78, 5) is 0. The van der Waals surface area contributed by atoms with Gasteiger partial charge in [0.25, 0.3) is 0 Å². The molecule has 1 fully saturated rings. The molecule has 29 heavy (non-hydrogen) atoms. The van der Waals surface area contributed by atoms with Crippen molar-refractivity contribution in [1.82, 2.24) is 0 Å². The number of rotatable bonds is 22. The van der Waals surface area contributed by atoms with Gasteiger partial charge in [0, 0.05) is 13.2 Å². The van der Waals surface area contributed by atoms with Crippen LogP contribution in [0.5, 0.6) is 0 Å². The van der Waals surface area contributed by atoms with Gasteiger partial charge in [0.2, 0.25) is 0 Å². The molecule has 2 nitrogen and oxygen atoms in total. The molecular weight excluding hydrogens is 356 g/mol. The molecule has 0 saturated carbocycles. The summed E-state index contributed by atoms with van der Waals surface area (Å²) < 4.78 is 10.5. The Labute approximate surface area is 184 Å². The van der Waals surface area contributed by atoms with E-state index in [1.165, 1.54) is 128 Å². The molecule has 1 atom stereocenters. The molecule has 1 rings (SSSR count). The summed E-state index contributed by atoms with van der Waals surface area (Å²) in [6, 6.07) is 0. The lowest BCUT2D eigenvalue weighted by Crippen LogP contribution is -1.97. The number of epoxide rings is 1. The third kappa shape index (κ3) is 30.2. The van der Waals surface area contributed by atoms with Crippen molar-refractivity contribution < 1.29 is 9.47 Å². The zero-order valence-corrected chi connectivity index (χ0v) is 20.7. The van der Waals surface area contributed by atoms with E-state index < -0.39 is 0 Å². The third-order valence-corrected chi connectivity index (χ3v) is 5.78. The molecule has 0 aliphatic carbocycles. The first-order chi connectivity index (χ1) is 14.3. The fourth-order valence-corrected chi connectivity index (χ4v) is 3.58. The average Bonchev–Trinajstić information content (AvgIpc) is 3.51. The second-order valence-electron chi connectivity index (χ2n) is 9.12. The van der Waals surface area contributed by atoms with Crippen molar-refractivity contribution >= 4 is 0 Å². The Hall–Kier alpha value is -0.0800. The molecule has 1 aliphatic rings. The van der Waals surface area contributed by atoms with Gasteiger partial charge in [-0.3, -0.25) is 0 Å². The Morgan fingerprint density at radius 1 is 0.517 bits per heavy atom. The first-order valence-electron chi connectivity index (χ1n) is 13.5. The molecule has 0 amide bonds. The quantitative estimate of drug-likeness (QED) is 0.130. The maximum Gasteiger partial charge on any atom is 0.0781 e. The van der Waals surface area contributed by atoms with E-state index in [2.05, 4.69) is 20.8 Å². The van der Waals surface area contributed by atoms with E-state index in [0.29, 0.717) is 6.10 Å². The Morgan fingerprint density at radius 2 is 0.759 bits per heavy atom. The minimum atomic E-state index is 0.583. The number of hydrogen-bond acceptors (Lipinski definition) is 2. The average molecular weight is 413 g/mol. The maximum absolute atomic E-state index is 5.78. The Balaban J connectivity index is 0.00000172. The summed E-state index contributed by atoms with van der Waals surface area (Å²) in [5, 5.41) is 0. The molecule has 2 heteroatoms. The molecule has 0 N–H and O–H groups in total. The van der Waals surface area contributed by atoms with E-state index in [4.69, 9.17) is 9.47 Å². The van der Waals surface area contributed by atoms with E-state index in [1.807, 2.05) is 0 Å². The van der Waals surface area contributed by atoms with Crippen LogP contribution in [0.1, 0.15) is 149 Å². The van der Waals surface area contributed by atoms with Gasteiger partial charge in [-0.05, 0) is 19.8 Å². The fourth-order valence-electron chi connectivity index (χ4n) is 3.58. The predicted octanol–water partition coefficient (Wildman–Crippen LogP) is 9.25. The SMILES string of the molecule is CC1CO1.CCCCCCCCCCCCOCCCCCCCCCCCC. The van der Waals surface area contributed by atoms with Crippen LogP contribution in [0.3, 0.4) is 0 Å². The summed E-state index contributed by atoms with van der Waals surface area (Å²) in [5.74, 6) is 0. The molecule has 0 aromatic rings. The van der Waals surface area contributed by atoms with Crippen LogP contribution in [0.25, 0.3) is 0 Å². The number of hydrogen-bond donors (Lipinski definition) is 0. The van der Waals surface area contributed by atoms with Crippen LogP contribution in [0.2, 0.25) is 0 Å². The van der Waals surface area contributed by atoms with Crippen molar-refractivity contribution in [3.8, 4) is 0 Å². The molecule has 0 bridgehead atoms. The van der Waals surface area contributed by atoms with Crippen molar-refractivity contribution in [3.63, 3.8) is 0 Å². The molecule has 1 aliphatic heterocycles. The van der Waals surface area contributed by atoms with Gasteiger partial charge in [-0.25, -0.2) is 0 Å². The normalized spacial score (nSPS) is 15.2. The first-order valence-corrected chi connectivity index (χ1v) is 13.5. The molecular formula is C27H56O2. The molecule has 0 aromatic heterocycles. The number of unbranched alkanes of at least 4 members (excludes halogenated alkanes) is 18. The molecule has 1 saturated heterocycles. The summed E-state index contributed by atoms with van der Waals surface area (Å²) >= 11 is 0. The second kappa shape index (κ2) is 26.0. The van der Waals surface area contributed by atoms with E-state index in [-0.39, 0.29) is 0 Å². The molecule has 0 radical (unpaired) electrons. The second-order valence-corrected chi connectivity index (χ2v) is 9.12. The Bertz CT molecular complexity index is 254. The van der Waals surface area contributed by atoms with Gasteiger partial charge >= 0.3 is 0 Å². The van der Waals surface area contributed by atoms with E-state index >= 15 is 0 Å². The van der Waals surface area contributed by atoms with Crippen molar-refractivity contribution in [2.75, 3.05) is 19.8 Å². The zero-order chi connectivity index (χ0) is 21.3. The largest absolute Gasteiger partial charge is 0.381 e. The third-order valence-electron chi connectivity index (χ3n) is 5.78. The van der Waals surface area contributed by atoms with E-state index in [0.717, 1.165) is 19.8 Å². The molecule has 176 valence electrons. The van der Waals surface area contributed by atoms with Gasteiger partial charge in [0.05, 0.1) is 12.7 Å². The van der Waals surface area contributed by atoms with E-state index in [1.54, 1.807) is 0 Å². The Morgan fingerprint density at radius 3 is 1.00 bits per heavy atom. The van der Waals surface area contributed by atoms with E-state index in [9.17, 15) is 0 Å². The minimum absolute atomic E-state index is 0.583. The number of ether oxygens (including phenoxy) is 2.